The predicted molar refractivity (Wildman–Crippen MR) is 166 cm³/mol. The maximum absolute atomic E-state index is 13.5. The maximum Gasteiger partial charge on any atom is 0.317 e. The van der Waals surface area contributed by atoms with Crippen LogP contribution in [0.1, 0.15) is 83.3 Å². The standard InChI is InChI=1S/C34H50N4O3/c1-6-8-10-11-12-13-22-38-26(3)32(39)36(5)31(33(38)40)24-27-17-19-29(20-18-27)30-16-14-15-28(23-30)25-37(21-9-7-2)34(41)35-4/h14-20,23,26,31H,6-13,21-22,24-25H2,1-5H3,(H,35,41)/t26?,31-/m0/s1. The van der Waals surface area contributed by atoms with Gasteiger partial charge >= 0.3 is 6.03 Å². The van der Waals surface area contributed by atoms with Crippen molar-refractivity contribution in [3.8, 4) is 11.1 Å². The second kappa shape index (κ2) is 16.2. The van der Waals surface area contributed by atoms with Gasteiger partial charge in [0.05, 0.1) is 0 Å². The van der Waals surface area contributed by atoms with E-state index in [0.29, 0.717) is 19.5 Å². The van der Waals surface area contributed by atoms with Crippen molar-refractivity contribution < 1.29 is 14.4 Å². The average molecular weight is 563 g/mol. The summed E-state index contributed by atoms with van der Waals surface area (Å²) in [7, 11) is 3.42. The van der Waals surface area contributed by atoms with Gasteiger partial charge in [0.15, 0.2) is 0 Å². The van der Waals surface area contributed by atoms with Crippen molar-refractivity contribution >= 4 is 17.8 Å². The van der Waals surface area contributed by atoms with Crippen LogP contribution in [0, 0.1) is 0 Å². The van der Waals surface area contributed by atoms with Gasteiger partial charge in [-0.3, -0.25) is 9.59 Å². The highest BCUT2D eigenvalue weighted by atomic mass is 16.2. The summed E-state index contributed by atoms with van der Waals surface area (Å²) >= 11 is 0. The Morgan fingerprint density at radius 3 is 2.22 bits per heavy atom. The molecule has 1 N–H and O–H groups in total. The quantitative estimate of drug-likeness (QED) is 0.261. The van der Waals surface area contributed by atoms with Crippen molar-refractivity contribution in [2.75, 3.05) is 27.2 Å². The summed E-state index contributed by atoms with van der Waals surface area (Å²) in [6.45, 7) is 8.11. The molecular formula is C34H50N4O3. The number of benzene rings is 2. The summed E-state index contributed by atoms with van der Waals surface area (Å²) in [6, 6.07) is 15.6. The molecule has 1 heterocycles. The van der Waals surface area contributed by atoms with Gasteiger partial charge in [0.1, 0.15) is 12.1 Å². The fourth-order valence-electron chi connectivity index (χ4n) is 5.61. The molecular weight excluding hydrogens is 512 g/mol. The molecule has 0 radical (unpaired) electrons. The van der Waals surface area contributed by atoms with E-state index in [-0.39, 0.29) is 17.8 Å². The summed E-state index contributed by atoms with van der Waals surface area (Å²) in [5.74, 6) is 0.0624. The first kappa shape index (κ1) is 32.2. The van der Waals surface area contributed by atoms with E-state index in [1.54, 1.807) is 23.9 Å². The van der Waals surface area contributed by atoms with Gasteiger partial charge in [-0.2, -0.15) is 0 Å². The first-order valence-electron chi connectivity index (χ1n) is 15.5. The van der Waals surface area contributed by atoms with Crippen molar-refractivity contribution in [1.82, 2.24) is 20.0 Å². The molecule has 0 bridgehead atoms. The van der Waals surface area contributed by atoms with Gasteiger partial charge in [0.25, 0.3) is 0 Å². The molecule has 1 aliphatic rings. The monoisotopic (exact) mass is 562 g/mol. The fraction of sp³-hybridized carbons (Fsp3) is 0.559. The molecule has 4 amide bonds. The minimum atomic E-state index is -0.480. The lowest BCUT2D eigenvalue weighted by Crippen LogP contribution is -2.63. The smallest absolute Gasteiger partial charge is 0.317 e. The van der Waals surface area contributed by atoms with Gasteiger partial charge in [-0.15, -0.1) is 0 Å². The third-order valence-electron chi connectivity index (χ3n) is 8.26. The van der Waals surface area contributed by atoms with E-state index >= 15 is 0 Å². The van der Waals surface area contributed by atoms with Gasteiger partial charge in [0.2, 0.25) is 11.8 Å². The lowest BCUT2D eigenvalue weighted by Gasteiger charge is -2.42. The van der Waals surface area contributed by atoms with Crippen LogP contribution >= 0.6 is 0 Å². The molecule has 2 aromatic carbocycles. The molecule has 1 unspecified atom stereocenters. The third kappa shape index (κ3) is 8.82. The van der Waals surface area contributed by atoms with Crippen LogP contribution in [-0.2, 0) is 22.6 Å². The van der Waals surface area contributed by atoms with E-state index in [4.69, 9.17) is 0 Å². The van der Waals surface area contributed by atoms with Crippen molar-refractivity contribution in [3.63, 3.8) is 0 Å². The Kier molecular flexibility index (Phi) is 12.7. The van der Waals surface area contributed by atoms with Gasteiger partial charge in [-0.25, -0.2) is 4.79 Å². The molecule has 7 heteroatoms. The predicted octanol–water partition coefficient (Wildman–Crippen LogP) is 6.26. The molecule has 0 aliphatic carbocycles. The number of amides is 4. The van der Waals surface area contributed by atoms with Crippen molar-refractivity contribution in [2.45, 2.75) is 97.2 Å². The largest absolute Gasteiger partial charge is 0.341 e. The number of unbranched alkanes of at least 4 members (excludes halogenated alkanes) is 6. The van der Waals surface area contributed by atoms with Gasteiger partial charge in [0, 0.05) is 40.2 Å². The van der Waals surface area contributed by atoms with Crippen LogP contribution in [0.25, 0.3) is 11.1 Å². The van der Waals surface area contributed by atoms with Crippen molar-refractivity contribution in [3.05, 3.63) is 59.7 Å². The van der Waals surface area contributed by atoms with E-state index in [2.05, 4.69) is 61.6 Å². The number of rotatable bonds is 15. The summed E-state index contributed by atoms with van der Waals surface area (Å²) in [5, 5.41) is 2.75. The second-order valence-corrected chi connectivity index (χ2v) is 11.4. The molecule has 0 spiro atoms. The van der Waals surface area contributed by atoms with Crippen LogP contribution in [0.3, 0.4) is 0 Å². The second-order valence-electron chi connectivity index (χ2n) is 11.4. The normalized spacial score (nSPS) is 17.2. The summed E-state index contributed by atoms with van der Waals surface area (Å²) in [5.41, 5.74) is 4.27. The zero-order valence-electron chi connectivity index (χ0n) is 25.8. The topological polar surface area (TPSA) is 73.0 Å². The Bertz CT molecular complexity index is 1130. The Hall–Kier alpha value is -3.35. The van der Waals surface area contributed by atoms with Crippen LogP contribution in [-0.4, -0.2) is 71.8 Å². The number of nitrogens with one attached hydrogen (secondary N) is 1. The number of hydrogen-bond acceptors (Lipinski definition) is 3. The first-order valence-corrected chi connectivity index (χ1v) is 15.5. The zero-order chi connectivity index (χ0) is 29.8. The lowest BCUT2D eigenvalue weighted by atomic mass is 9.96. The Morgan fingerprint density at radius 1 is 0.854 bits per heavy atom. The van der Waals surface area contributed by atoms with Gasteiger partial charge in [-0.05, 0) is 48.1 Å². The number of nitrogens with zero attached hydrogens (tertiary/aromatic N) is 3. The highest BCUT2D eigenvalue weighted by molar-refractivity contribution is 5.96. The van der Waals surface area contributed by atoms with Crippen LogP contribution < -0.4 is 5.32 Å². The number of urea groups is 1. The molecule has 41 heavy (non-hydrogen) atoms. The van der Waals surface area contributed by atoms with Crippen LogP contribution in [0.15, 0.2) is 48.5 Å². The number of carbonyl (C=O) groups is 3. The van der Waals surface area contributed by atoms with E-state index < -0.39 is 12.1 Å². The maximum atomic E-state index is 13.5. The van der Waals surface area contributed by atoms with Gasteiger partial charge < -0.3 is 20.0 Å². The fourth-order valence-corrected chi connectivity index (χ4v) is 5.61. The van der Waals surface area contributed by atoms with Gasteiger partial charge in [-0.1, -0.05) is 94.8 Å². The molecule has 2 atom stereocenters. The molecule has 2 aromatic rings. The first-order chi connectivity index (χ1) is 19.8. The van der Waals surface area contributed by atoms with Crippen LogP contribution in [0.2, 0.25) is 0 Å². The summed E-state index contributed by atoms with van der Waals surface area (Å²) < 4.78 is 0. The Labute approximate surface area is 247 Å². The van der Waals surface area contributed by atoms with E-state index in [1.165, 1.54) is 25.7 Å². The molecule has 1 saturated heterocycles. The van der Waals surface area contributed by atoms with Crippen LogP contribution in [0.5, 0.6) is 0 Å². The molecule has 1 fully saturated rings. The van der Waals surface area contributed by atoms with Crippen molar-refractivity contribution in [2.24, 2.45) is 0 Å². The van der Waals surface area contributed by atoms with E-state index in [9.17, 15) is 14.4 Å². The molecule has 1 aliphatic heterocycles. The highest BCUT2D eigenvalue weighted by Crippen LogP contribution is 2.25. The number of piperazine rings is 1. The number of likely N-dealkylation sites (N-methyl/N-ethyl adjacent to an activating group) is 1. The SMILES string of the molecule is CCCCCCCCN1C(=O)[C@H](Cc2ccc(-c3cccc(CN(CCCC)C(=O)NC)c3)cc2)N(C)C(=O)C1C. The number of hydrogen-bond donors (Lipinski definition) is 1. The van der Waals surface area contributed by atoms with Crippen molar-refractivity contribution in [1.29, 1.82) is 0 Å². The lowest BCUT2D eigenvalue weighted by molar-refractivity contribution is -0.159. The molecule has 0 saturated carbocycles. The molecule has 3 rings (SSSR count). The average Bonchev–Trinajstić information content (AvgIpc) is 2.99. The number of carbonyl (C=O) groups excluding carboxylic acids is 3. The molecule has 224 valence electrons. The minimum Gasteiger partial charge on any atom is -0.341 e. The van der Waals surface area contributed by atoms with E-state index in [1.807, 2.05) is 17.9 Å². The Balaban J connectivity index is 1.66. The molecule has 7 nitrogen and oxygen atoms in total. The molecule has 0 aromatic heterocycles. The van der Waals surface area contributed by atoms with Crippen LogP contribution in [0.4, 0.5) is 4.79 Å². The third-order valence-corrected chi connectivity index (χ3v) is 8.26. The minimum absolute atomic E-state index is 0.0127. The zero-order valence-corrected chi connectivity index (χ0v) is 25.8. The highest BCUT2D eigenvalue weighted by Gasteiger charge is 2.41. The van der Waals surface area contributed by atoms with E-state index in [0.717, 1.165) is 54.5 Å². The summed E-state index contributed by atoms with van der Waals surface area (Å²) in [4.78, 5) is 44.2. The Morgan fingerprint density at radius 2 is 1.54 bits per heavy atom. The summed E-state index contributed by atoms with van der Waals surface area (Å²) in [6.07, 6.45) is 9.42.